The Kier molecular flexibility index (Phi) is 8.92. The van der Waals surface area contributed by atoms with Crippen LogP contribution >= 0.6 is 7.82 Å². The Labute approximate surface area is 255 Å². The molecular weight excluding hydrogens is 611 g/mol. The first-order valence-corrected chi connectivity index (χ1v) is 15.9. The van der Waals surface area contributed by atoms with Crippen molar-refractivity contribution in [3.05, 3.63) is 75.2 Å². The van der Waals surface area contributed by atoms with Gasteiger partial charge in [-0.3, -0.25) is 23.0 Å². The summed E-state index contributed by atoms with van der Waals surface area (Å²) >= 11 is 0. The van der Waals surface area contributed by atoms with Crippen molar-refractivity contribution in [2.45, 2.75) is 76.6 Å². The monoisotopic (exact) mass is 644 g/mol. The predicted molar refractivity (Wildman–Crippen MR) is 157 cm³/mol. The number of nitrogen functional groups attached to an aromatic ring is 1. The highest BCUT2D eigenvalue weighted by Crippen LogP contribution is 2.49. The average Bonchev–Trinajstić information content (AvgIpc) is 3.72. The van der Waals surface area contributed by atoms with Gasteiger partial charge in [0.1, 0.15) is 30.7 Å². The van der Waals surface area contributed by atoms with Crippen LogP contribution in [0, 0.1) is 6.92 Å². The number of anilines is 1. The molecule has 2 aliphatic heterocycles. The minimum Gasteiger partial charge on any atom is -0.371 e. The molecule has 0 bridgehead atoms. The number of imidazole rings is 1. The van der Waals surface area contributed by atoms with E-state index in [-0.39, 0.29) is 36.7 Å². The molecule has 4 aromatic rings. The number of aromatic nitrogens is 7. The van der Waals surface area contributed by atoms with E-state index in [1.807, 2.05) is 37.3 Å². The molecule has 0 radical (unpaired) electrons. The average molecular weight is 645 g/mol. The molecular formula is C27H33N8O9P. The smallest absolute Gasteiger partial charge is 0.371 e. The second-order valence-corrected chi connectivity index (χ2v) is 12.2. The van der Waals surface area contributed by atoms with Crippen molar-refractivity contribution in [2.24, 2.45) is 0 Å². The lowest BCUT2D eigenvalue weighted by Crippen LogP contribution is -2.29. The third-order valence-corrected chi connectivity index (χ3v) is 8.67. The van der Waals surface area contributed by atoms with Crippen LogP contribution in [0.15, 0.2) is 52.6 Å². The standard InChI is InChI=1S/C27H33N8O9P/c1-3-17-19(10-22(42-17)35-14-30-26(28)33-27(35)37)44-45(38,39)41-12-20-18(40-11-16-7-5-4-6-8-16)9-21(43-20)34-13-29-23-24(34)31-15(2)32-25(23)36/h4-8,13-14,17-22H,3,9-12H2,1-2H3,(H,38,39)(H2,28,33,37)(H,31,32,36)/t17-,18?,19?,20-,21-,22-/m1/s1. The minimum atomic E-state index is -4.65. The van der Waals surface area contributed by atoms with Crippen LogP contribution in [-0.4, -0.2) is 70.0 Å². The summed E-state index contributed by atoms with van der Waals surface area (Å²) in [5.74, 6) is 0.241. The highest BCUT2D eigenvalue weighted by Gasteiger charge is 2.43. The lowest BCUT2D eigenvalue weighted by molar-refractivity contribution is -0.0670. The van der Waals surface area contributed by atoms with Crippen molar-refractivity contribution >= 4 is 24.9 Å². The Morgan fingerprint density at radius 3 is 2.51 bits per heavy atom. The van der Waals surface area contributed by atoms with Gasteiger partial charge >= 0.3 is 13.5 Å². The van der Waals surface area contributed by atoms with Crippen LogP contribution in [0.4, 0.5) is 5.95 Å². The van der Waals surface area contributed by atoms with E-state index in [2.05, 4.69) is 24.9 Å². The van der Waals surface area contributed by atoms with E-state index in [0.717, 1.165) is 10.1 Å². The number of aryl methyl sites for hydroxylation is 1. The normalized spacial score (nSPS) is 26.4. The van der Waals surface area contributed by atoms with Gasteiger partial charge in [-0.2, -0.15) is 4.98 Å². The highest BCUT2D eigenvalue weighted by atomic mass is 31.2. The van der Waals surface area contributed by atoms with E-state index in [9.17, 15) is 19.0 Å². The molecule has 4 N–H and O–H groups in total. The van der Waals surface area contributed by atoms with Crippen molar-refractivity contribution in [3.63, 3.8) is 0 Å². The van der Waals surface area contributed by atoms with Crippen molar-refractivity contribution in [2.75, 3.05) is 12.3 Å². The molecule has 0 spiro atoms. The Morgan fingerprint density at radius 1 is 1.04 bits per heavy atom. The molecule has 17 nitrogen and oxygen atoms in total. The fraction of sp³-hybridized carbons (Fsp3) is 0.481. The number of hydrogen-bond acceptors (Lipinski definition) is 13. The van der Waals surface area contributed by atoms with E-state index in [0.29, 0.717) is 24.3 Å². The Hall–Kier alpha value is -3.83. The molecule has 0 saturated carbocycles. The zero-order valence-corrected chi connectivity index (χ0v) is 25.4. The second kappa shape index (κ2) is 12.9. The maximum Gasteiger partial charge on any atom is 0.472 e. The first-order valence-electron chi connectivity index (χ1n) is 14.4. The molecule has 2 saturated heterocycles. The molecule has 7 atom stereocenters. The van der Waals surface area contributed by atoms with Crippen LogP contribution in [0.25, 0.3) is 11.2 Å². The molecule has 2 aliphatic rings. The maximum atomic E-state index is 13.2. The van der Waals surface area contributed by atoms with Gasteiger partial charge in [-0.15, -0.1) is 0 Å². The maximum absolute atomic E-state index is 13.2. The largest absolute Gasteiger partial charge is 0.472 e. The Morgan fingerprint density at radius 2 is 1.76 bits per heavy atom. The zero-order chi connectivity index (χ0) is 31.7. The van der Waals surface area contributed by atoms with Crippen molar-refractivity contribution in [1.29, 1.82) is 0 Å². The number of aromatic amines is 1. The van der Waals surface area contributed by atoms with Crippen LogP contribution in [0.2, 0.25) is 0 Å². The van der Waals surface area contributed by atoms with Crippen LogP contribution in [0.5, 0.6) is 0 Å². The first-order chi connectivity index (χ1) is 21.6. The first kappa shape index (κ1) is 31.2. The van der Waals surface area contributed by atoms with Gasteiger partial charge in [0.05, 0.1) is 37.9 Å². The number of rotatable bonds is 11. The highest BCUT2D eigenvalue weighted by molar-refractivity contribution is 7.47. The van der Waals surface area contributed by atoms with Gasteiger partial charge in [0, 0.05) is 12.8 Å². The molecule has 240 valence electrons. The Balaban J connectivity index is 1.15. The summed E-state index contributed by atoms with van der Waals surface area (Å²) in [7, 11) is -4.65. The Bertz CT molecular complexity index is 1820. The van der Waals surface area contributed by atoms with Gasteiger partial charge in [0.25, 0.3) is 5.56 Å². The molecule has 0 amide bonds. The zero-order valence-electron chi connectivity index (χ0n) is 24.5. The molecule has 2 fully saturated rings. The number of nitrogens with one attached hydrogen (secondary N) is 1. The fourth-order valence-corrected chi connectivity index (χ4v) is 6.45. The molecule has 5 heterocycles. The summed E-state index contributed by atoms with van der Waals surface area (Å²) in [5, 5.41) is 0. The molecule has 3 unspecified atom stereocenters. The van der Waals surface area contributed by atoms with Gasteiger partial charge in [0.15, 0.2) is 11.2 Å². The van der Waals surface area contributed by atoms with Gasteiger partial charge in [-0.1, -0.05) is 37.3 Å². The number of phosphoric ester groups is 1. The van der Waals surface area contributed by atoms with E-state index >= 15 is 0 Å². The van der Waals surface area contributed by atoms with E-state index in [4.69, 9.17) is 29.0 Å². The lowest BCUT2D eigenvalue weighted by Gasteiger charge is -2.23. The fourth-order valence-electron chi connectivity index (χ4n) is 5.49. The second-order valence-electron chi connectivity index (χ2n) is 10.8. The van der Waals surface area contributed by atoms with E-state index in [1.54, 1.807) is 11.5 Å². The summed E-state index contributed by atoms with van der Waals surface area (Å²) in [5.41, 5.74) is 5.87. The third kappa shape index (κ3) is 6.89. The number of benzene rings is 1. The number of ether oxygens (including phenoxy) is 3. The number of H-pyrrole nitrogens is 1. The lowest BCUT2D eigenvalue weighted by atomic mass is 10.1. The summed E-state index contributed by atoms with van der Waals surface area (Å²) in [4.78, 5) is 54.1. The summed E-state index contributed by atoms with van der Waals surface area (Å²) in [6.07, 6.45) is -0.786. The van der Waals surface area contributed by atoms with E-state index < -0.39 is 50.4 Å². The molecule has 45 heavy (non-hydrogen) atoms. The van der Waals surface area contributed by atoms with Gasteiger partial charge < -0.3 is 29.8 Å². The topological polar surface area (TPSA) is 221 Å². The number of hydrogen-bond donors (Lipinski definition) is 3. The van der Waals surface area contributed by atoms with Crippen molar-refractivity contribution < 1.29 is 32.7 Å². The molecule has 3 aromatic heterocycles. The van der Waals surface area contributed by atoms with E-state index in [1.165, 1.54) is 12.7 Å². The summed E-state index contributed by atoms with van der Waals surface area (Å²) in [6.45, 7) is 3.40. The van der Waals surface area contributed by atoms with Crippen LogP contribution in [0.1, 0.15) is 50.0 Å². The van der Waals surface area contributed by atoms with Crippen molar-refractivity contribution in [1.82, 2.24) is 34.1 Å². The minimum absolute atomic E-state index is 0.0731. The quantitative estimate of drug-likeness (QED) is 0.198. The molecule has 6 rings (SSSR count). The third-order valence-electron chi connectivity index (χ3n) is 7.66. The summed E-state index contributed by atoms with van der Waals surface area (Å²) in [6, 6.07) is 9.53. The number of phosphoric acid groups is 1. The molecule has 1 aromatic carbocycles. The van der Waals surface area contributed by atoms with Crippen LogP contribution in [0.3, 0.4) is 0 Å². The predicted octanol–water partition coefficient (Wildman–Crippen LogP) is 1.73. The SMILES string of the molecule is CC[C@H]1O[C@@H](n2cnc(N)nc2=O)CC1OP(=O)(O)OC[C@H]1O[C@@H](n2cnc3c(=O)[nH]c(C)nc32)CC1OCc1ccccc1. The summed E-state index contributed by atoms with van der Waals surface area (Å²) < 4.78 is 45.3. The van der Waals surface area contributed by atoms with Gasteiger partial charge in [0.2, 0.25) is 5.95 Å². The molecule has 18 heteroatoms. The number of nitrogens with zero attached hydrogens (tertiary/aromatic N) is 6. The number of fused-ring (bicyclic) bond motifs is 1. The number of nitrogens with two attached hydrogens (primary N) is 1. The molecule has 0 aliphatic carbocycles. The van der Waals surface area contributed by atoms with Crippen LogP contribution < -0.4 is 17.0 Å². The van der Waals surface area contributed by atoms with Crippen molar-refractivity contribution in [3.8, 4) is 0 Å². The van der Waals surface area contributed by atoms with Crippen LogP contribution in [-0.2, 0) is 34.4 Å². The van der Waals surface area contributed by atoms with Gasteiger partial charge in [-0.25, -0.2) is 24.3 Å². The van der Waals surface area contributed by atoms with Gasteiger partial charge in [-0.05, 0) is 18.9 Å².